The molecule has 1 aliphatic heterocycles. The first-order chi connectivity index (χ1) is 10.3. The smallest absolute Gasteiger partial charge is 0.128 e. The van der Waals surface area contributed by atoms with Crippen LogP contribution >= 0.6 is 0 Å². The molecule has 9 heteroatoms. The molecule has 1 aliphatic rings. The van der Waals surface area contributed by atoms with Gasteiger partial charge in [-0.2, -0.15) is 0 Å². The van der Waals surface area contributed by atoms with Gasteiger partial charge in [0, 0.05) is 5.56 Å². The fourth-order valence-corrected chi connectivity index (χ4v) is 5.11. The molecule has 1 aromatic rings. The van der Waals surface area contributed by atoms with Gasteiger partial charge >= 0.3 is 0 Å². The van der Waals surface area contributed by atoms with Crippen molar-refractivity contribution in [2.75, 3.05) is 5.75 Å². The first kappa shape index (κ1) is 18.1. The van der Waals surface area contributed by atoms with Gasteiger partial charge < -0.3 is 5.73 Å². The number of hydrogen-bond acceptors (Lipinski definition) is 4. The van der Waals surface area contributed by atoms with Gasteiger partial charge in [-0.05, 0) is 32.1 Å². The van der Waals surface area contributed by atoms with Crippen LogP contribution in [0.2, 0.25) is 0 Å². The van der Waals surface area contributed by atoms with Gasteiger partial charge in [0.2, 0.25) is 0 Å². The fourth-order valence-electron chi connectivity index (χ4n) is 2.60. The number of benzene rings is 1. The molecular weight excluding hydrogens is 310 g/mol. The third kappa shape index (κ3) is 3.20. The van der Waals surface area contributed by atoms with Crippen molar-refractivity contribution in [2.24, 2.45) is 15.1 Å². The quantitative estimate of drug-likeness (QED) is 0.816. The largest absolute Gasteiger partial charge is 0.386 e. The summed E-state index contributed by atoms with van der Waals surface area (Å²) in [5.41, 5.74) is 5.16. The molecule has 2 atom stereocenters. The van der Waals surface area contributed by atoms with E-state index in [0.29, 0.717) is 0 Å². The molecule has 116 valence electrons. The van der Waals surface area contributed by atoms with Crippen LogP contribution in [-0.4, -0.2) is 49.3 Å². The Balaban J connectivity index is 2.74. The average Bonchev–Trinajstić information content (AvgIpc) is 2.34. The minimum atomic E-state index is -3.12. The summed E-state index contributed by atoms with van der Waals surface area (Å²) in [5, 5.41) is -1.98. The Hall–Kier alpha value is -1.24. The van der Waals surface area contributed by atoms with E-state index < -0.39 is 31.1 Å². The number of nitrogens with two attached hydrogens (primary N) is 1. The van der Waals surface area contributed by atoms with Crippen LogP contribution in [0.5, 0.6) is 0 Å². The van der Waals surface area contributed by atoms with Crippen LogP contribution in [0.1, 0.15) is 26.3 Å². The Kier molecular flexibility index (Phi) is 4.25. The van der Waals surface area contributed by atoms with Gasteiger partial charge in [-0.25, -0.2) is 8.60 Å². The van der Waals surface area contributed by atoms with E-state index in [1.165, 1.54) is 6.07 Å². The summed E-state index contributed by atoms with van der Waals surface area (Å²) in [4.78, 5) is 4.42. The first-order valence-electron chi connectivity index (χ1n) is 7.04. The third-order valence-corrected chi connectivity index (χ3v) is 7.39. The number of nitrogens with zero attached hydrogens (tertiary/aromatic N) is 2. The van der Waals surface area contributed by atoms with Crippen molar-refractivity contribution in [3.8, 4) is 0 Å². The highest BCUT2D eigenvalue weighted by molar-refractivity contribution is 7.96. The molecule has 0 saturated heterocycles. The van der Waals surface area contributed by atoms with Crippen molar-refractivity contribution >= 4 is 39.1 Å². The van der Waals surface area contributed by atoms with Crippen LogP contribution in [0.25, 0.3) is 0 Å². The molecule has 0 bridgehead atoms. The van der Waals surface area contributed by atoms with Gasteiger partial charge in [-0.15, -0.1) is 0 Å². The second kappa shape index (κ2) is 5.40. The Morgan fingerprint density at radius 1 is 1.30 bits per heavy atom. The van der Waals surface area contributed by atoms with E-state index in [0.717, 1.165) is 0 Å². The summed E-state index contributed by atoms with van der Waals surface area (Å²) >= 11 is 0. The zero-order chi connectivity index (χ0) is 17.7. The van der Waals surface area contributed by atoms with Gasteiger partial charge in [-0.1, -0.05) is 18.2 Å². The van der Waals surface area contributed by atoms with Gasteiger partial charge in [0.1, 0.15) is 21.9 Å². The third-order valence-electron chi connectivity index (χ3n) is 4.02. The lowest BCUT2D eigenvalue weighted by molar-refractivity contribution is 0.491. The highest BCUT2D eigenvalue weighted by Gasteiger charge is 2.48. The Bertz CT molecular complexity index is 782. The summed E-state index contributed by atoms with van der Waals surface area (Å²) in [6.07, 6.45) is 0. The second-order valence-electron chi connectivity index (χ2n) is 6.52. The van der Waals surface area contributed by atoms with Crippen molar-refractivity contribution in [3.63, 3.8) is 0 Å². The monoisotopic (exact) mass is 327 g/mol. The standard InChI is InChI=1S/C14H17B3FN3OS/c1-12(2)11(19)20-13(3,9-6-4-5-7-10(9)18)8-23(12,22)21-14(15,16)17/h4-7H,8H2,1-3H3,(H2,19,20)/t13-,23?/m0/s1. The van der Waals surface area contributed by atoms with Crippen LogP contribution in [0.4, 0.5) is 4.39 Å². The summed E-state index contributed by atoms with van der Waals surface area (Å²) in [7, 11) is 13.5. The summed E-state index contributed by atoms with van der Waals surface area (Å²) in [5.74, 6) is -0.470. The van der Waals surface area contributed by atoms with Crippen molar-refractivity contribution in [2.45, 2.75) is 36.3 Å². The molecule has 2 N–H and O–H groups in total. The number of amidine groups is 1. The molecule has 0 saturated carbocycles. The van der Waals surface area contributed by atoms with Crippen LogP contribution in [0.3, 0.4) is 0 Å². The van der Waals surface area contributed by atoms with E-state index in [1.807, 2.05) is 0 Å². The van der Waals surface area contributed by atoms with Gasteiger partial charge in [0.25, 0.3) is 0 Å². The highest BCUT2D eigenvalue weighted by atomic mass is 32.2. The molecule has 0 amide bonds. The van der Waals surface area contributed by atoms with Crippen molar-refractivity contribution in [1.82, 2.24) is 0 Å². The van der Waals surface area contributed by atoms with E-state index in [-0.39, 0.29) is 17.2 Å². The molecule has 0 spiro atoms. The predicted molar refractivity (Wildman–Crippen MR) is 94.9 cm³/mol. The lowest BCUT2D eigenvalue weighted by atomic mass is 9.50. The fraction of sp³-hybridized carbons (Fsp3) is 0.500. The Morgan fingerprint density at radius 3 is 2.39 bits per heavy atom. The summed E-state index contributed by atoms with van der Waals surface area (Å²) < 4.78 is 30.6. The molecule has 6 radical (unpaired) electrons. The van der Waals surface area contributed by atoms with Crippen molar-refractivity contribution in [3.05, 3.63) is 35.6 Å². The maximum atomic E-state index is 14.2. The zero-order valence-corrected chi connectivity index (χ0v) is 14.2. The van der Waals surface area contributed by atoms with Crippen molar-refractivity contribution < 1.29 is 8.60 Å². The zero-order valence-electron chi connectivity index (χ0n) is 13.4. The molecule has 1 heterocycles. The Morgan fingerprint density at radius 2 is 1.87 bits per heavy atom. The highest BCUT2D eigenvalue weighted by Crippen LogP contribution is 2.39. The first-order valence-corrected chi connectivity index (χ1v) is 8.72. The lowest BCUT2D eigenvalue weighted by Gasteiger charge is -2.41. The van der Waals surface area contributed by atoms with E-state index in [9.17, 15) is 8.60 Å². The van der Waals surface area contributed by atoms with Gasteiger partial charge in [0.05, 0.1) is 39.0 Å². The second-order valence-corrected chi connectivity index (χ2v) is 9.30. The van der Waals surface area contributed by atoms with Gasteiger partial charge in [-0.3, -0.25) is 9.36 Å². The van der Waals surface area contributed by atoms with Gasteiger partial charge in [0.15, 0.2) is 0 Å². The number of hydrogen-bond donors (Lipinski definition) is 1. The molecular formula is C14H17B3FN3OS. The van der Waals surface area contributed by atoms with Crippen LogP contribution in [0, 0.1) is 5.82 Å². The van der Waals surface area contributed by atoms with E-state index in [4.69, 9.17) is 29.3 Å². The molecule has 0 aromatic heterocycles. The maximum absolute atomic E-state index is 14.2. The number of halogens is 1. The Labute approximate surface area is 140 Å². The summed E-state index contributed by atoms with van der Waals surface area (Å²) in [6, 6.07) is 6.12. The number of aliphatic imine (C=N–C) groups is 1. The van der Waals surface area contributed by atoms with Crippen LogP contribution < -0.4 is 5.73 Å². The molecule has 1 unspecified atom stereocenters. The normalized spacial score (nSPS) is 30.5. The van der Waals surface area contributed by atoms with E-state index >= 15 is 0 Å². The van der Waals surface area contributed by atoms with E-state index in [1.54, 1.807) is 39.0 Å². The maximum Gasteiger partial charge on any atom is 0.128 e. The topological polar surface area (TPSA) is 67.8 Å². The average molecular weight is 327 g/mol. The van der Waals surface area contributed by atoms with Crippen molar-refractivity contribution in [1.29, 1.82) is 0 Å². The van der Waals surface area contributed by atoms with Crippen LogP contribution in [0.15, 0.2) is 33.6 Å². The minimum Gasteiger partial charge on any atom is -0.386 e. The van der Waals surface area contributed by atoms with E-state index in [2.05, 4.69) is 9.36 Å². The van der Waals surface area contributed by atoms with Crippen LogP contribution in [-0.2, 0) is 15.3 Å². The molecule has 1 aromatic carbocycles. The molecule has 2 rings (SSSR count). The molecule has 4 nitrogen and oxygen atoms in total. The minimum absolute atomic E-state index is 0.0903. The SMILES string of the molecule is [B]C([B])([B])N=S1(=O)C[C@@](C)(c2ccccc2F)N=C(N)C1(C)C. The number of rotatable bonds is 2. The predicted octanol–water partition coefficient (Wildman–Crippen LogP) is 0.775. The molecule has 0 aliphatic carbocycles. The lowest BCUT2D eigenvalue weighted by Crippen LogP contribution is -2.55. The molecule has 23 heavy (non-hydrogen) atoms. The summed E-state index contributed by atoms with van der Waals surface area (Å²) in [6.45, 7) is 4.91. The molecule has 0 fully saturated rings.